The van der Waals surface area contributed by atoms with E-state index in [1.54, 1.807) is 0 Å². The molecule has 3 heterocycles. The predicted molar refractivity (Wildman–Crippen MR) is 110 cm³/mol. The van der Waals surface area contributed by atoms with Gasteiger partial charge in [0.1, 0.15) is 17.6 Å². The number of anilines is 1. The number of halogens is 4. The van der Waals surface area contributed by atoms with Gasteiger partial charge in [-0.3, -0.25) is 0 Å². The van der Waals surface area contributed by atoms with Gasteiger partial charge in [-0.1, -0.05) is 6.92 Å². The van der Waals surface area contributed by atoms with E-state index in [1.165, 1.54) is 6.07 Å². The first kappa shape index (κ1) is 21.4. The molecule has 0 radical (unpaired) electrons. The van der Waals surface area contributed by atoms with E-state index in [1.807, 2.05) is 6.92 Å². The van der Waals surface area contributed by atoms with E-state index in [4.69, 9.17) is 4.74 Å². The molecular formula is C23H25F4N3O2. The van der Waals surface area contributed by atoms with Gasteiger partial charge in [-0.05, 0) is 61.8 Å². The monoisotopic (exact) mass is 451 g/mol. The van der Waals surface area contributed by atoms with Crippen LogP contribution in [0.2, 0.25) is 0 Å². The van der Waals surface area contributed by atoms with E-state index < -0.39 is 23.7 Å². The summed E-state index contributed by atoms with van der Waals surface area (Å²) >= 11 is 0. The van der Waals surface area contributed by atoms with Crippen molar-refractivity contribution in [2.75, 3.05) is 5.32 Å². The molecule has 3 aliphatic rings. The Hall–Kier alpha value is -2.42. The molecule has 2 aromatic rings. The molecule has 32 heavy (non-hydrogen) atoms. The van der Waals surface area contributed by atoms with Gasteiger partial charge in [-0.25, -0.2) is 4.39 Å². The lowest BCUT2D eigenvalue weighted by molar-refractivity contribution is -0.137. The fourth-order valence-corrected chi connectivity index (χ4v) is 5.40. The van der Waals surface area contributed by atoms with Crippen LogP contribution >= 0.6 is 0 Å². The first-order valence-corrected chi connectivity index (χ1v) is 11.0. The highest BCUT2D eigenvalue weighted by atomic mass is 19.4. The van der Waals surface area contributed by atoms with Crippen LogP contribution in [0.3, 0.4) is 0 Å². The average molecular weight is 451 g/mol. The maximum atomic E-state index is 14.1. The molecule has 172 valence electrons. The Morgan fingerprint density at radius 3 is 2.66 bits per heavy atom. The van der Waals surface area contributed by atoms with Gasteiger partial charge in [-0.15, -0.1) is 10.2 Å². The molecule has 5 rings (SSSR count). The first-order valence-electron chi connectivity index (χ1n) is 11.0. The zero-order valence-corrected chi connectivity index (χ0v) is 17.6. The lowest BCUT2D eigenvalue weighted by Gasteiger charge is -2.33. The van der Waals surface area contributed by atoms with Crippen LogP contribution in [0.25, 0.3) is 11.3 Å². The van der Waals surface area contributed by atoms with Crippen molar-refractivity contribution >= 4 is 5.82 Å². The minimum absolute atomic E-state index is 0.00446. The molecule has 9 heteroatoms. The number of nitrogens with one attached hydrogen (secondary N) is 1. The smallest absolute Gasteiger partial charge is 0.416 e. The van der Waals surface area contributed by atoms with Crippen LogP contribution in [-0.4, -0.2) is 33.6 Å². The zero-order valence-electron chi connectivity index (χ0n) is 17.6. The van der Waals surface area contributed by atoms with Gasteiger partial charge in [0.05, 0.1) is 17.8 Å². The maximum absolute atomic E-state index is 14.1. The van der Waals surface area contributed by atoms with E-state index in [2.05, 4.69) is 15.5 Å². The van der Waals surface area contributed by atoms with Crippen LogP contribution in [0.5, 0.6) is 5.75 Å². The summed E-state index contributed by atoms with van der Waals surface area (Å²) < 4.78 is 59.3. The van der Waals surface area contributed by atoms with Crippen LogP contribution < -0.4 is 5.32 Å². The van der Waals surface area contributed by atoms with Crippen LogP contribution in [0.15, 0.2) is 18.2 Å². The fraction of sp³-hybridized carbons (Fsp3) is 0.565. The Morgan fingerprint density at radius 2 is 1.94 bits per heavy atom. The Kier molecular flexibility index (Phi) is 5.27. The van der Waals surface area contributed by atoms with Crippen molar-refractivity contribution in [1.82, 2.24) is 10.2 Å². The number of phenols is 1. The normalized spacial score (nSPS) is 29.6. The van der Waals surface area contributed by atoms with Crippen LogP contribution in [0.1, 0.15) is 61.8 Å². The third-order valence-electron chi connectivity index (χ3n) is 6.78. The third kappa shape index (κ3) is 3.91. The summed E-state index contributed by atoms with van der Waals surface area (Å²) in [5, 5.41) is 22.4. The molecular weight excluding hydrogens is 426 g/mol. The second-order valence-corrected chi connectivity index (χ2v) is 9.30. The number of fused-ring (bicyclic) bond motifs is 4. The van der Waals surface area contributed by atoms with E-state index in [9.17, 15) is 22.7 Å². The predicted octanol–water partition coefficient (Wildman–Crippen LogP) is 5.58. The summed E-state index contributed by atoms with van der Waals surface area (Å²) in [4.78, 5) is 0. The number of hydrogen-bond donors (Lipinski definition) is 2. The van der Waals surface area contributed by atoms with E-state index >= 15 is 0 Å². The van der Waals surface area contributed by atoms with Crippen molar-refractivity contribution in [3.8, 4) is 17.0 Å². The summed E-state index contributed by atoms with van der Waals surface area (Å²) in [6, 6.07) is 2.82. The second-order valence-electron chi connectivity index (χ2n) is 9.30. The van der Waals surface area contributed by atoms with Gasteiger partial charge in [0.15, 0.2) is 5.82 Å². The number of alkyl halides is 4. The van der Waals surface area contributed by atoms with Gasteiger partial charge in [0.2, 0.25) is 0 Å². The van der Waals surface area contributed by atoms with Crippen molar-refractivity contribution < 1.29 is 27.4 Å². The van der Waals surface area contributed by atoms with Gasteiger partial charge < -0.3 is 15.2 Å². The summed E-state index contributed by atoms with van der Waals surface area (Å²) in [5.41, 5.74) is 1.32. The quantitative estimate of drug-likeness (QED) is 0.596. The largest absolute Gasteiger partial charge is 0.507 e. The first-order chi connectivity index (χ1) is 15.2. The minimum atomic E-state index is -4.55. The Bertz CT molecular complexity index is 1020. The third-order valence-corrected chi connectivity index (χ3v) is 6.78. The standard InChI is InChI=1S/C23H25F4N3O2/c1-11-6-13(24)9-14(7-11)28-22-20-17(10-15-3-5-19(20)32-15)21(29-30-22)16-4-2-12(8-18(16)31)23(25,26)27/h2,4,8,11,13-15,19,31H,3,5-7,9-10H2,1H3,(H,28,30)/t11?,13-,14-,15?,19?/m0/s1. The van der Waals surface area contributed by atoms with Crippen molar-refractivity contribution in [3.63, 3.8) is 0 Å². The molecule has 3 unspecified atom stereocenters. The van der Waals surface area contributed by atoms with Gasteiger partial charge >= 0.3 is 6.18 Å². The molecule has 1 aromatic heterocycles. The van der Waals surface area contributed by atoms with Crippen molar-refractivity contribution in [1.29, 1.82) is 0 Å². The molecule has 0 spiro atoms. The molecule has 0 amide bonds. The maximum Gasteiger partial charge on any atom is 0.416 e. The van der Waals surface area contributed by atoms with Crippen LogP contribution in [0, 0.1) is 5.92 Å². The van der Waals surface area contributed by atoms with Crippen molar-refractivity contribution in [2.45, 2.75) is 76.0 Å². The van der Waals surface area contributed by atoms with E-state index in [0.717, 1.165) is 36.5 Å². The van der Waals surface area contributed by atoms with Crippen molar-refractivity contribution in [3.05, 3.63) is 34.9 Å². The number of benzene rings is 1. The molecule has 2 aliphatic heterocycles. The Morgan fingerprint density at radius 1 is 1.12 bits per heavy atom. The molecule has 2 fully saturated rings. The highest BCUT2D eigenvalue weighted by molar-refractivity contribution is 5.73. The molecule has 5 atom stereocenters. The summed E-state index contributed by atoms with van der Waals surface area (Å²) in [5.74, 6) is 0.319. The Balaban J connectivity index is 1.54. The van der Waals surface area contributed by atoms with E-state index in [0.29, 0.717) is 36.8 Å². The molecule has 1 aromatic carbocycles. The number of aromatic nitrogens is 2. The fourth-order valence-electron chi connectivity index (χ4n) is 5.40. The van der Waals surface area contributed by atoms with Crippen LogP contribution in [0.4, 0.5) is 23.4 Å². The van der Waals surface area contributed by atoms with E-state index in [-0.39, 0.29) is 29.7 Å². The molecule has 1 aliphatic carbocycles. The highest BCUT2D eigenvalue weighted by Gasteiger charge is 2.39. The zero-order chi connectivity index (χ0) is 22.6. The molecule has 1 saturated heterocycles. The Labute approximate surface area is 183 Å². The lowest BCUT2D eigenvalue weighted by Crippen LogP contribution is -2.33. The van der Waals surface area contributed by atoms with Gasteiger partial charge in [0, 0.05) is 23.6 Å². The SMILES string of the molecule is CC1C[C@H](F)C[C@@H](Nc2nnc(-c3ccc(C(F)(F)F)cc3O)c3c2C2CCC(C3)O2)C1. The highest BCUT2D eigenvalue weighted by Crippen LogP contribution is 2.47. The number of nitrogens with zero attached hydrogens (tertiary/aromatic N) is 2. The number of phenolic OH excluding ortho intramolecular Hbond substituents is 1. The molecule has 5 nitrogen and oxygen atoms in total. The molecule has 2 bridgehead atoms. The number of rotatable bonds is 3. The summed E-state index contributed by atoms with van der Waals surface area (Å²) in [7, 11) is 0. The topological polar surface area (TPSA) is 67.3 Å². The van der Waals surface area contributed by atoms with Crippen molar-refractivity contribution in [2.24, 2.45) is 5.92 Å². The number of hydrogen-bond acceptors (Lipinski definition) is 5. The second kappa shape index (κ2) is 7.86. The summed E-state index contributed by atoms with van der Waals surface area (Å²) in [6.45, 7) is 2.03. The van der Waals surface area contributed by atoms with Crippen LogP contribution in [-0.2, 0) is 17.3 Å². The molecule has 2 N–H and O–H groups in total. The van der Waals surface area contributed by atoms with Gasteiger partial charge in [-0.2, -0.15) is 13.2 Å². The average Bonchev–Trinajstić information content (AvgIpc) is 3.08. The number of aromatic hydroxyl groups is 1. The molecule has 1 saturated carbocycles. The number of ether oxygens (including phenoxy) is 1. The lowest BCUT2D eigenvalue weighted by atomic mass is 9.85. The van der Waals surface area contributed by atoms with Gasteiger partial charge in [0.25, 0.3) is 0 Å². The minimum Gasteiger partial charge on any atom is -0.507 e. The summed E-state index contributed by atoms with van der Waals surface area (Å²) in [6.07, 6.45) is -1.61.